The summed E-state index contributed by atoms with van der Waals surface area (Å²) in [6.07, 6.45) is 17.0. The molecule has 1 unspecified atom stereocenters. The molecule has 0 spiro atoms. The molecule has 0 heterocycles. The highest BCUT2D eigenvalue weighted by molar-refractivity contribution is 5.06. The van der Waals surface area contributed by atoms with E-state index < -0.39 is 0 Å². The molecule has 1 atom stereocenters. The molecule has 0 aromatic heterocycles. The van der Waals surface area contributed by atoms with Crippen molar-refractivity contribution in [3.05, 3.63) is 0 Å². The van der Waals surface area contributed by atoms with Crippen LogP contribution in [0.25, 0.3) is 0 Å². The second-order valence-corrected chi connectivity index (χ2v) is 7.14. The molecule has 1 nitrogen and oxygen atoms in total. The highest BCUT2D eigenvalue weighted by Gasteiger charge is 2.55. The monoisotopic (exact) mass is 235 g/mol. The highest BCUT2D eigenvalue weighted by Crippen LogP contribution is 2.66. The lowest BCUT2D eigenvalue weighted by molar-refractivity contribution is -0.106. The second kappa shape index (κ2) is 4.57. The van der Waals surface area contributed by atoms with Crippen molar-refractivity contribution in [2.45, 2.75) is 70.6 Å². The van der Waals surface area contributed by atoms with E-state index in [0.29, 0.717) is 0 Å². The fourth-order valence-corrected chi connectivity index (χ4v) is 5.70. The minimum Gasteiger partial charge on any atom is -0.319 e. The predicted octanol–water partition coefficient (Wildman–Crippen LogP) is 4.13. The molecule has 3 saturated carbocycles. The Morgan fingerprint density at radius 2 is 1.47 bits per heavy atom. The van der Waals surface area contributed by atoms with Gasteiger partial charge in [-0.3, -0.25) is 0 Å². The predicted molar refractivity (Wildman–Crippen MR) is 73.1 cm³/mol. The Morgan fingerprint density at radius 1 is 0.882 bits per heavy atom. The summed E-state index contributed by atoms with van der Waals surface area (Å²) in [7, 11) is 2.13. The summed E-state index contributed by atoms with van der Waals surface area (Å²) in [5, 5.41) is 3.42. The number of nitrogens with one attached hydrogen (secondary N) is 1. The third-order valence-electron chi connectivity index (χ3n) is 6.45. The van der Waals surface area contributed by atoms with E-state index in [-0.39, 0.29) is 0 Å². The van der Waals surface area contributed by atoms with Crippen molar-refractivity contribution in [1.29, 1.82) is 0 Å². The van der Waals surface area contributed by atoms with Crippen molar-refractivity contribution in [2.75, 3.05) is 13.6 Å². The average molecular weight is 235 g/mol. The molecule has 0 bridgehead atoms. The maximum Gasteiger partial charge on any atom is -0.00233 e. The van der Waals surface area contributed by atoms with Crippen molar-refractivity contribution in [3.8, 4) is 0 Å². The molecule has 0 saturated heterocycles. The molecule has 3 aliphatic rings. The average Bonchev–Trinajstić information content (AvgIpc) is 2.37. The van der Waals surface area contributed by atoms with Crippen LogP contribution in [0.3, 0.4) is 0 Å². The van der Waals surface area contributed by atoms with Crippen LogP contribution in [0.5, 0.6) is 0 Å². The molecule has 17 heavy (non-hydrogen) atoms. The Labute approximate surface area is 107 Å². The third-order valence-corrected chi connectivity index (χ3v) is 6.45. The van der Waals surface area contributed by atoms with Gasteiger partial charge in [-0.1, -0.05) is 25.7 Å². The van der Waals surface area contributed by atoms with Crippen LogP contribution >= 0.6 is 0 Å². The van der Waals surface area contributed by atoms with E-state index in [1.165, 1.54) is 38.6 Å². The molecule has 0 aromatic rings. The molecule has 3 rings (SSSR count). The lowest BCUT2D eigenvalue weighted by Gasteiger charge is -2.61. The summed E-state index contributed by atoms with van der Waals surface area (Å²) >= 11 is 0. The van der Waals surface area contributed by atoms with Gasteiger partial charge in [0.25, 0.3) is 0 Å². The van der Waals surface area contributed by atoms with Crippen LogP contribution in [-0.4, -0.2) is 13.6 Å². The summed E-state index contributed by atoms with van der Waals surface area (Å²) in [4.78, 5) is 0. The van der Waals surface area contributed by atoms with E-state index >= 15 is 0 Å². The Balaban J connectivity index is 1.83. The largest absolute Gasteiger partial charge is 0.319 e. The van der Waals surface area contributed by atoms with E-state index in [1.807, 2.05) is 0 Å². The van der Waals surface area contributed by atoms with Crippen molar-refractivity contribution in [2.24, 2.45) is 16.7 Å². The standard InChI is InChI=1S/C16H29N/c1-17-13-14-6-11-15-7-2-4-9-16(15,12-14)10-5-3-8-15/h14,17H,2-13H2,1H3. The van der Waals surface area contributed by atoms with E-state index in [4.69, 9.17) is 0 Å². The molecule has 1 N–H and O–H groups in total. The first-order valence-corrected chi connectivity index (χ1v) is 7.95. The molecule has 0 radical (unpaired) electrons. The number of rotatable bonds is 2. The Morgan fingerprint density at radius 3 is 2.06 bits per heavy atom. The summed E-state index contributed by atoms with van der Waals surface area (Å²) < 4.78 is 0. The molecule has 0 amide bonds. The topological polar surface area (TPSA) is 12.0 Å². The Hall–Kier alpha value is -0.0400. The van der Waals surface area contributed by atoms with Crippen molar-refractivity contribution < 1.29 is 0 Å². The van der Waals surface area contributed by atoms with Crippen LogP contribution in [-0.2, 0) is 0 Å². The van der Waals surface area contributed by atoms with Crippen molar-refractivity contribution in [1.82, 2.24) is 5.32 Å². The highest BCUT2D eigenvalue weighted by atomic mass is 14.8. The van der Waals surface area contributed by atoms with Crippen molar-refractivity contribution >= 4 is 0 Å². The Kier molecular flexibility index (Phi) is 3.23. The van der Waals surface area contributed by atoms with Crippen LogP contribution in [0.2, 0.25) is 0 Å². The molecule has 3 fully saturated rings. The molecule has 98 valence electrons. The van der Waals surface area contributed by atoms with Gasteiger partial charge in [-0.15, -0.1) is 0 Å². The van der Waals surface area contributed by atoms with E-state index in [1.54, 1.807) is 38.5 Å². The second-order valence-electron chi connectivity index (χ2n) is 7.14. The SMILES string of the molecule is CNCC1CCC23CCCCC2(CCCC3)C1. The van der Waals surface area contributed by atoms with Gasteiger partial charge in [0.05, 0.1) is 0 Å². The van der Waals surface area contributed by atoms with Gasteiger partial charge >= 0.3 is 0 Å². The lowest BCUT2D eigenvalue weighted by Crippen LogP contribution is -2.51. The van der Waals surface area contributed by atoms with E-state index in [9.17, 15) is 0 Å². The summed E-state index contributed by atoms with van der Waals surface area (Å²) in [6.45, 7) is 1.26. The third kappa shape index (κ3) is 1.85. The van der Waals surface area contributed by atoms with Gasteiger partial charge in [-0.25, -0.2) is 0 Å². The molecule has 0 aliphatic heterocycles. The number of hydrogen-bond acceptors (Lipinski definition) is 1. The maximum absolute atomic E-state index is 3.42. The van der Waals surface area contributed by atoms with Crippen LogP contribution in [0.15, 0.2) is 0 Å². The normalized spacial score (nSPS) is 46.1. The quantitative estimate of drug-likeness (QED) is 0.759. The fraction of sp³-hybridized carbons (Fsp3) is 1.00. The van der Waals surface area contributed by atoms with Crippen LogP contribution < -0.4 is 5.32 Å². The molecule has 0 aromatic carbocycles. The van der Waals surface area contributed by atoms with Gasteiger partial charge in [0.1, 0.15) is 0 Å². The maximum atomic E-state index is 3.42. The fourth-order valence-electron chi connectivity index (χ4n) is 5.70. The summed E-state index contributed by atoms with van der Waals surface area (Å²) in [5.41, 5.74) is 1.58. The number of hydrogen-bond donors (Lipinski definition) is 1. The van der Waals surface area contributed by atoms with E-state index in [2.05, 4.69) is 12.4 Å². The van der Waals surface area contributed by atoms with Gasteiger partial charge in [0.2, 0.25) is 0 Å². The zero-order chi connectivity index (χ0) is 11.8. The summed E-state index contributed by atoms with van der Waals surface area (Å²) in [6, 6.07) is 0. The zero-order valence-electron chi connectivity index (χ0n) is 11.6. The van der Waals surface area contributed by atoms with Gasteiger partial charge < -0.3 is 5.32 Å². The van der Waals surface area contributed by atoms with Crippen LogP contribution in [0.4, 0.5) is 0 Å². The molecular weight excluding hydrogens is 206 g/mol. The minimum absolute atomic E-state index is 0.781. The first kappa shape index (κ1) is 12.0. The zero-order valence-corrected chi connectivity index (χ0v) is 11.6. The summed E-state index contributed by atoms with van der Waals surface area (Å²) in [5.74, 6) is 0.976. The first-order valence-electron chi connectivity index (χ1n) is 7.95. The van der Waals surface area contributed by atoms with Gasteiger partial charge in [-0.2, -0.15) is 0 Å². The lowest BCUT2D eigenvalue weighted by atomic mass is 9.44. The Bertz CT molecular complexity index is 259. The van der Waals surface area contributed by atoms with Crippen LogP contribution in [0.1, 0.15) is 70.6 Å². The minimum atomic E-state index is 0.781. The van der Waals surface area contributed by atoms with E-state index in [0.717, 1.165) is 16.7 Å². The smallest absolute Gasteiger partial charge is 0.00233 e. The van der Waals surface area contributed by atoms with Crippen molar-refractivity contribution in [3.63, 3.8) is 0 Å². The van der Waals surface area contributed by atoms with Gasteiger partial charge in [-0.05, 0) is 75.3 Å². The van der Waals surface area contributed by atoms with Crippen LogP contribution in [0, 0.1) is 16.7 Å². The molecular formula is C16H29N. The first-order chi connectivity index (χ1) is 8.30. The molecule has 3 aliphatic carbocycles. The van der Waals surface area contributed by atoms with Gasteiger partial charge in [0.15, 0.2) is 0 Å². The molecule has 1 heteroatoms. The van der Waals surface area contributed by atoms with Gasteiger partial charge in [0, 0.05) is 0 Å².